The number of nitrogens with zero attached hydrogens (tertiary/aromatic N) is 1. The molecule has 0 unspecified atom stereocenters. The van der Waals surface area contributed by atoms with Crippen LogP contribution in [0, 0.1) is 5.92 Å². The van der Waals surface area contributed by atoms with Crippen molar-refractivity contribution in [3.63, 3.8) is 0 Å². The smallest absolute Gasteiger partial charge is 0.224 e. The zero-order chi connectivity index (χ0) is 15.2. The van der Waals surface area contributed by atoms with Crippen LogP contribution in [0.4, 0.5) is 5.69 Å². The largest absolute Gasteiger partial charge is 0.493 e. The average molecular weight is 292 g/mol. The molecule has 0 aliphatic carbocycles. The number of benzene rings is 1. The van der Waals surface area contributed by atoms with Gasteiger partial charge in [0.2, 0.25) is 5.91 Å². The van der Waals surface area contributed by atoms with Gasteiger partial charge in [-0.1, -0.05) is 0 Å². The predicted octanol–water partition coefficient (Wildman–Crippen LogP) is 2.37. The average Bonchev–Trinajstić information content (AvgIpc) is 2.49. The number of carbonyl (C=O) groups excluding carboxylic acids is 1. The molecule has 5 nitrogen and oxygen atoms in total. The van der Waals surface area contributed by atoms with Crippen molar-refractivity contribution in [3.8, 4) is 11.5 Å². The summed E-state index contributed by atoms with van der Waals surface area (Å²) in [4.78, 5) is 14.4. The summed E-state index contributed by atoms with van der Waals surface area (Å²) < 4.78 is 10.4. The van der Waals surface area contributed by atoms with E-state index in [1.165, 1.54) is 0 Å². The van der Waals surface area contributed by atoms with Gasteiger partial charge >= 0.3 is 0 Å². The number of piperidine rings is 1. The van der Waals surface area contributed by atoms with Gasteiger partial charge in [0.25, 0.3) is 0 Å². The van der Waals surface area contributed by atoms with E-state index in [0.717, 1.165) is 31.6 Å². The minimum atomic E-state index is 0.0665. The van der Waals surface area contributed by atoms with Gasteiger partial charge in [-0.25, -0.2) is 0 Å². The van der Waals surface area contributed by atoms with Crippen LogP contribution in [-0.4, -0.2) is 45.2 Å². The highest BCUT2D eigenvalue weighted by Crippen LogP contribution is 2.30. The second kappa shape index (κ2) is 7.31. The first-order chi connectivity index (χ1) is 10.1. The third kappa shape index (κ3) is 4.36. The fourth-order valence-electron chi connectivity index (χ4n) is 2.65. The van der Waals surface area contributed by atoms with Crippen LogP contribution >= 0.6 is 0 Å². The van der Waals surface area contributed by atoms with Crippen LogP contribution < -0.4 is 14.8 Å². The summed E-state index contributed by atoms with van der Waals surface area (Å²) >= 11 is 0. The number of ether oxygens (including phenoxy) is 2. The highest BCUT2D eigenvalue weighted by molar-refractivity contribution is 5.91. The lowest BCUT2D eigenvalue weighted by Gasteiger charge is -2.28. The Kier molecular flexibility index (Phi) is 5.44. The van der Waals surface area contributed by atoms with E-state index in [0.29, 0.717) is 23.8 Å². The Morgan fingerprint density at radius 2 is 1.90 bits per heavy atom. The lowest BCUT2D eigenvalue weighted by molar-refractivity contribution is -0.117. The molecule has 1 saturated heterocycles. The van der Waals surface area contributed by atoms with E-state index in [9.17, 15) is 4.79 Å². The molecular formula is C16H24N2O3. The van der Waals surface area contributed by atoms with Gasteiger partial charge in [-0.15, -0.1) is 0 Å². The molecule has 1 N–H and O–H groups in total. The van der Waals surface area contributed by atoms with Crippen LogP contribution in [0.25, 0.3) is 0 Å². The number of methoxy groups -OCH3 is 2. The van der Waals surface area contributed by atoms with Gasteiger partial charge in [-0.05, 0) is 51.0 Å². The molecule has 1 aliphatic heterocycles. The van der Waals surface area contributed by atoms with Gasteiger partial charge in [0, 0.05) is 18.2 Å². The maximum atomic E-state index is 12.1. The number of hydrogen-bond acceptors (Lipinski definition) is 4. The summed E-state index contributed by atoms with van der Waals surface area (Å²) in [6, 6.07) is 5.41. The number of rotatable bonds is 5. The number of likely N-dealkylation sites (tertiary alicyclic amines) is 1. The Hall–Kier alpha value is -1.75. The molecule has 116 valence electrons. The van der Waals surface area contributed by atoms with Crippen molar-refractivity contribution in [1.82, 2.24) is 4.90 Å². The Morgan fingerprint density at radius 3 is 2.52 bits per heavy atom. The van der Waals surface area contributed by atoms with E-state index in [2.05, 4.69) is 17.3 Å². The minimum absolute atomic E-state index is 0.0665. The van der Waals surface area contributed by atoms with Crippen LogP contribution in [0.2, 0.25) is 0 Å². The Balaban J connectivity index is 1.90. The van der Waals surface area contributed by atoms with E-state index in [1.807, 2.05) is 6.07 Å². The fourth-order valence-corrected chi connectivity index (χ4v) is 2.65. The van der Waals surface area contributed by atoms with Gasteiger partial charge in [0.15, 0.2) is 11.5 Å². The SMILES string of the molecule is COc1ccc(NC(=O)CC2CCN(C)CC2)cc1OC. The lowest BCUT2D eigenvalue weighted by Crippen LogP contribution is -2.31. The van der Waals surface area contributed by atoms with Crippen molar-refractivity contribution in [1.29, 1.82) is 0 Å². The molecule has 1 amide bonds. The van der Waals surface area contributed by atoms with E-state index in [-0.39, 0.29) is 5.91 Å². The van der Waals surface area contributed by atoms with Crippen molar-refractivity contribution >= 4 is 11.6 Å². The Bertz CT molecular complexity index is 482. The molecule has 1 aliphatic rings. The van der Waals surface area contributed by atoms with Crippen molar-refractivity contribution in [3.05, 3.63) is 18.2 Å². The van der Waals surface area contributed by atoms with Crippen LogP contribution in [0.1, 0.15) is 19.3 Å². The van der Waals surface area contributed by atoms with Crippen LogP contribution in [0.15, 0.2) is 18.2 Å². The molecule has 0 atom stereocenters. The maximum absolute atomic E-state index is 12.1. The van der Waals surface area contributed by atoms with Gasteiger partial charge < -0.3 is 19.7 Å². The number of hydrogen-bond donors (Lipinski definition) is 1. The van der Waals surface area contributed by atoms with Gasteiger partial charge in [-0.2, -0.15) is 0 Å². The van der Waals surface area contributed by atoms with Crippen molar-refractivity contribution in [2.45, 2.75) is 19.3 Å². The molecule has 0 spiro atoms. The molecule has 0 aromatic heterocycles. The number of carbonyl (C=O) groups is 1. The zero-order valence-electron chi connectivity index (χ0n) is 13.0. The summed E-state index contributed by atoms with van der Waals surface area (Å²) in [6.07, 6.45) is 2.77. The van der Waals surface area contributed by atoms with E-state index >= 15 is 0 Å². The fraction of sp³-hybridized carbons (Fsp3) is 0.562. The van der Waals surface area contributed by atoms with Crippen LogP contribution in [0.5, 0.6) is 11.5 Å². The summed E-state index contributed by atoms with van der Waals surface area (Å²) in [5.74, 6) is 1.83. The normalized spacial score (nSPS) is 16.5. The first-order valence-electron chi connectivity index (χ1n) is 7.32. The van der Waals surface area contributed by atoms with Crippen molar-refractivity contribution in [2.75, 3.05) is 39.7 Å². The summed E-state index contributed by atoms with van der Waals surface area (Å²) in [5.41, 5.74) is 0.741. The molecule has 0 radical (unpaired) electrons. The lowest BCUT2D eigenvalue weighted by atomic mass is 9.93. The molecule has 1 heterocycles. The second-order valence-corrected chi connectivity index (χ2v) is 5.57. The monoisotopic (exact) mass is 292 g/mol. The summed E-state index contributed by atoms with van der Waals surface area (Å²) in [7, 11) is 5.30. The quantitative estimate of drug-likeness (QED) is 0.905. The topological polar surface area (TPSA) is 50.8 Å². The Labute approximate surface area is 126 Å². The van der Waals surface area contributed by atoms with Gasteiger partial charge in [-0.3, -0.25) is 4.79 Å². The van der Waals surface area contributed by atoms with Crippen LogP contribution in [0.3, 0.4) is 0 Å². The molecule has 5 heteroatoms. The second-order valence-electron chi connectivity index (χ2n) is 5.57. The zero-order valence-corrected chi connectivity index (χ0v) is 13.0. The van der Waals surface area contributed by atoms with Crippen molar-refractivity contribution in [2.24, 2.45) is 5.92 Å². The molecule has 1 aromatic rings. The van der Waals surface area contributed by atoms with Crippen LogP contribution in [-0.2, 0) is 4.79 Å². The number of amides is 1. The summed E-state index contributed by atoms with van der Waals surface area (Å²) in [5, 5.41) is 2.94. The third-order valence-corrected chi connectivity index (χ3v) is 3.98. The van der Waals surface area contributed by atoms with Gasteiger partial charge in [0.1, 0.15) is 0 Å². The highest BCUT2D eigenvalue weighted by Gasteiger charge is 2.19. The number of anilines is 1. The Morgan fingerprint density at radius 1 is 1.24 bits per heavy atom. The van der Waals surface area contributed by atoms with Gasteiger partial charge in [0.05, 0.1) is 14.2 Å². The minimum Gasteiger partial charge on any atom is -0.493 e. The summed E-state index contributed by atoms with van der Waals surface area (Å²) in [6.45, 7) is 2.16. The first-order valence-corrected chi connectivity index (χ1v) is 7.32. The molecule has 2 rings (SSSR count). The highest BCUT2D eigenvalue weighted by atomic mass is 16.5. The van der Waals surface area contributed by atoms with E-state index in [1.54, 1.807) is 26.4 Å². The van der Waals surface area contributed by atoms with E-state index in [4.69, 9.17) is 9.47 Å². The van der Waals surface area contributed by atoms with E-state index < -0.39 is 0 Å². The molecule has 0 saturated carbocycles. The molecule has 21 heavy (non-hydrogen) atoms. The molecule has 0 bridgehead atoms. The standard InChI is InChI=1S/C16H24N2O3/c1-18-8-6-12(7-9-18)10-16(19)17-13-4-5-14(20-2)15(11-13)21-3/h4-5,11-12H,6-10H2,1-3H3,(H,17,19). The third-order valence-electron chi connectivity index (χ3n) is 3.98. The molecular weight excluding hydrogens is 268 g/mol. The maximum Gasteiger partial charge on any atom is 0.224 e. The van der Waals surface area contributed by atoms with Crippen molar-refractivity contribution < 1.29 is 14.3 Å². The predicted molar refractivity (Wildman–Crippen MR) is 83.0 cm³/mol. The molecule has 1 aromatic carbocycles. The molecule has 1 fully saturated rings. The first kappa shape index (κ1) is 15.6. The number of nitrogens with one attached hydrogen (secondary N) is 1.